The smallest absolute Gasteiger partial charge is 0.338 e. The minimum atomic E-state index is -0.210. The molecule has 1 fully saturated rings. The van der Waals surface area contributed by atoms with E-state index in [9.17, 15) is 4.79 Å². The molecular weight excluding hydrogens is 348 g/mol. The molecule has 0 amide bonds. The monoisotopic (exact) mass is 388 g/mol. The molecule has 1 heterocycles. The summed E-state index contributed by atoms with van der Waals surface area (Å²) in [6.45, 7) is 2.80. The highest BCUT2D eigenvalue weighted by molar-refractivity contribution is 5.89. The summed E-state index contributed by atoms with van der Waals surface area (Å²) < 4.78 is 11.1. The van der Waals surface area contributed by atoms with Crippen LogP contribution in [0.5, 0.6) is 0 Å². The summed E-state index contributed by atoms with van der Waals surface area (Å²) in [5.74, 6) is -0.210. The van der Waals surface area contributed by atoms with E-state index in [1.54, 1.807) is 12.1 Å². The van der Waals surface area contributed by atoms with Crippen LogP contribution < -0.4 is 0 Å². The quantitative estimate of drug-likeness (QED) is 0.162. The van der Waals surface area contributed by atoms with Crippen LogP contribution >= 0.6 is 0 Å². The van der Waals surface area contributed by atoms with Gasteiger partial charge in [-0.15, -0.1) is 0 Å². The van der Waals surface area contributed by atoms with E-state index in [1.807, 2.05) is 18.2 Å². The first-order valence-electron chi connectivity index (χ1n) is 11.7. The Bertz CT molecular complexity index is 514. The number of carbonyl (C=O) groups is 1. The molecule has 0 aromatic heterocycles. The van der Waals surface area contributed by atoms with E-state index in [0.717, 1.165) is 12.8 Å². The Morgan fingerprint density at radius 2 is 1.32 bits per heavy atom. The number of ether oxygens (including phenoxy) is 2. The standard InChI is InChI=1S/C25H40O3/c1-2-3-4-5-6-8-14-19-23-24(28-23)20-15-9-7-10-16-21-27-25(26)22-17-12-11-13-18-22/h11-13,17-18,23-24H,2-10,14-16,19-21H2,1H3. The molecule has 3 nitrogen and oxygen atoms in total. The fraction of sp³-hybridized carbons (Fsp3) is 0.720. The zero-order valence-corrected chi connectivity index (χ0v) is 17.9. The second-order valence-electron chi connectivity index (χ2n) is 8.18. The fourth-order valence-electron chi connectivity index (χ4n) is 3.79. The van der Waals surface area contributed by atoms with Crippen LogP contribution in [0.4, 0.5) is 0 Å². The van der Waals surface area contributed by atoms with Crippen LogP contribution in [0.25, 0.3) is 0 Å². The number of carbonyl (C=O) groups excluding carboxylic acids is 1. The van der Waals surface area contributed by atoms with Gasteiger partial charge in [-0.05, 0) is 31.4 Å². The van der Waals surface area contributed by atoms with Crippen molar-refractivity contribution in [3.63, 3.8) is 0 Å². The Morgan fingerprint density at radius 1 is 0.786 bits per heavy atom. The minimum absolute atomic E-state index is 0.210. The van der Waals surface area contributed by atoms with Gasteiger partial charge in [-0.2, -0.15) is 0 Å². The molecule has 2 unspecified atom stereocenters. The summed E-state index contributed by atoms with van der Waals surface area (Å²) in [6, 6.07) is 9.21. The number of unbranched alkanes of at least 4 members (excludes halogenated alkanes) is 10. The Labute approximate surface area is 172 Å². The Morgan fingerprint density at radius 3 is 1.93 bits per heavy atom. The van der Waals surface area contributed by atoms with E-state index in [2.05, 4.69) is 6.92 Å². The molecule has 0 spiro atoms. The molecule has 1 aliphatic rings. The molecule has 1 aliphatic heterocycles. The van der Waals surface area contributed by atoms with Crippen LogP contribution in [0.1, 0.15) is 107 Å². The second kappa shape index (κ2) is 14.6. The van der Waals surface area contributed by atoms with Crippen LogP contribution in [0.15, 0.2) is 30.3 Å². The number of benzene rings is 1. The van der Waals surface area contributed by atoms with Gasteiger partial charge in [0.2, 0.25) is 0 Å². The first kappa shape index (κ1) is 22.9. The molecule has 1 aromatic carbocycles. The van der Waals surface area contributed by atoms with Gasteiger partial charge in [0.1, 0.15) is 0 Å². The van der Waals surface area contributed by atoms with Gasteiger partial charge in [-0.3, -0.25) is 0 Å². The van der Waals surface area contributed by atoms with Gasteiger partial charge in [0.15, 0.2) is 0 Å². The summed E-state index contributed by atoms with van der Waals surface area (Å²) in [7, 11) is 0. The molecular formula is C25H40O3. The van der Waals surface area contributed by atoms with Crippen molar-refractivity contribution in [3.05, 3.63) is 35.9 Å². The molecule has 2 rings (SSSR count). The SMILES string of the molecule is CCCCCCCCCC1OC1CCCCCCCOC(=O)c1ccccc1. The van der Waals surface area contributed by atoms with Crippen molar-refractivity contribution >= 4 is 5.97 Å². The highest BCUT2D eigenvalue weighted by Gasteiger charge is 2.36. The molecule has 0 N–H and O–H groups in total. The van der Waals surface area contributed by atoms with Crippen molar-refractivity contribution in [3.8, 4) is 0 Å². The van der Waals surface area contributed by atoms with E-state index in [-0.39, 0.29) is 5.97 Å². The molecule has 0 saturated carbocycles. The predicted octanol–water partition coefficient (Wildman–Crippen LogP) is 7.09. The summed E-state index contributed by atoms with van der Waals surface area (Å²) in [4.78, 5) is 11.8. The highest BCUT2D eigenvalue weighted by Crippen LogP contribution is 2.31. The van der Waals surface area contributed by atoms with Gasteiger partial charge in [-0.1, -0.05) is 95.8 Å². The normalized spacial score (nSPS) is 18.2. The van der Waals surface area contributed by atoms with Crippen molar-refractivity contribution in [2.24, 2.45) is 0 Å². The molecule has 3 heteroatoms. The van der Waals surface area contributed by atoms with E-state index in [4.69, 9.17) is 9.47 Å². The van der Waals surface area contributed by atoms with Crippen molar-refractivity contribution in [1.82, 2.24) is 0 Å². The maximum atomic E-state index is 11.8. The summed E-state index contributed by atoms with van der Waals surface area (Å²) in [5.41, 5.74) is 0.637. The zero-order valence-electron chi connectivity index (χ0n) is 17.9. The average Bonchev–Trinajstić information content (AvgIpc) is 3.48. The van der Waals surface area contributed by atoms with Gasteiger partial charge in [0, 0.05) is 0 Å². The third-order valence-corrected chi connectivity index (χ3v) is 5.66. The minimum Gasteiger partial charge on any atom is -0.462 e. The highest BCUT2D eigenvalue weighted by atomic mass is 16.6. The van der Waals surface area contributed by atoms with Gasteiger partial charge in [-0.25, -0.2) is 4.79 Å². The Hall–Kier alpha value is -1.35. The number of esters is 1. The lowest BCUT2D eigenvalue weighted by atomic mass is 10.0. The summed E-state index contributed by atoms with van der Waals surface area (Å²) >= 11 is 0. The van der Waals surface area contributed by atoms with E-state index < -0.39 is 0 Å². The van der Waals surface area contributed by atoms with Crippen LogP contribution in [-0.2, 0) is 9.47 Å². The largest absolute Gasteiger partial charge is 0.462 e. The molecule has 0 bridgehead atoms. The lowest BCUT2D eigenvalue weighted by Gasteiger charge is -2.04. The first-order valence-corrected chi connectivity index (χ1v) is 11.7. The third kappa shape index (κ3) is 10.3. The molecule has 158 valence electrons. The van der Waals surface area contributed by atoms with E-state index >= 15 is 0 Å². The maximum absolute atomic E-state index is 11.8. The number of hydrogen-bond acceptors (Lipinski definition) is 3. The van der Waals surface area contributed by atoms with E-state index in [1.165, 1.54) is 77.0 Å². The molecule has 0 radical (unpaired) electrons. The summed E-state index contributed by atoms with van der Waals surface area (Å²) in [6.07, 6.45) is 19.1. The lowest BCUT2D eigenvalue weighted by Crippen LogP contribution is -2.06. The zero-order chi connectivity index (χ0) is 19.9. The molecule has 2 atom stereocenters. The Kier molecular flexibility index (Phi) is 12.0. The molecule has 1 saturated heterocycles. The predicted molar refractivity (Wildman–Crippen MR) is 116 cm³/mol. The molecule has 1 aromatic rings. The number of rotatable bonds is 17. The molecule has 28 heavy (non-hydrogen) atoms. The number of hydrogen-bond donors (Lipinski definition) is 0. The van der Waals surface area contributed by atoms with Gasteiger partial charge in [0.25, 0.3) is 0 Å². The first-order chi connectivity index (χ1) is 13.8. The Balaban J connectivity index is 1.32. The van der Waals surface area contributed by atoms with Crippen LogP contribution in [0.3, 0.4) is 0 Å². The van der Waals surface area contributed by atoms with Crippen molar-refractivity contribution < 1.29 is 14.3 Å². The second-order valence-corrected chi connectivity index (χ2v) is 8.18. The maximum Gasteiger partial charge on any atom is 0.338 e. The number of epoxide rings is 1. The van der Waals surface area contributed by atoms with Crippen molar-refractivity contribution in [2.45, 2.75) is 109 Å². The third-order valence-electron chi connectivity index (χ3n) is 5.66. The topological polar surface area (TPSA) is 38.8 Å². The van der Waals surface area contributed by atoms with Crippen LogP contribution in [-0.4, -0.2) is 24.8 Å². The summed E-state index contributed by atoms with van der Waals surface area (Å²) in [5, 5.41) is 0. The molecule has 0 aliphatic carbocycles. The van der Waals surface area contributed by atoms with E-state index in [0.29, 0.717) is 24.4 Å². The van der Waals surface area contributed by atoms with Crippen LogP contribution in [0, 0.1) is 0 Å². The van der Waals surface area contributed by atoms with Crippen molar-refractivity contribution in [2.75, 3.05) is 6.61 Å². The van der Waals surface area contributed by atoms with Gasteiger partial charge < -0.3 is 9.47 Å². The fourth-order valence-corrected chi connectivity index (χ4v) is 3.79. The van der Waals surface area contributed by atoms with Crippen molar-refractivity contribution in [1.29, 1.82) is 0 Å². The average molecular weight is 389 g/mol. The lowest BCUT2D eigenvalue weighted by molar-refractivity contribution is 0.0497. The van der Waals surface area contributed by atoms with Gasteiger partial charge >= 0.3 is 5.97 Å². The van der Waals surface area contributed by atoms with Gasteiger partial charge in [0.05, 0.1) is 24.4 Å². The van der Waals surface area contributed by atoms with Crippen LogP contribution in [0.2, 0.25) is 0 Å².